The highest BCUT2D eigenvalue weighted by atomic mass is 16.2. The number of aromatic nitrogens is 4. The van der Waals surface area contributed by atoms with E-state index in [-0.39, 0.29) is 5.91 Å². The molecule has 0 saturated carbocycles. The molecule has 2 aromatic heterocycles. The number of carbonyl (C=O) groups is 1. The van der Waals surface area contributed by atoms with Crippen molar-refractivity contribution in [2.75, 3.05) is 31.1 Å². The van der Waals surface area contributed by atoms with Gasteiger partial charge in [-0.05, 0) is 23.6 Å². The fraction of sp³-hybridized carbons (Fsp3) is 0.333. The van der Waals surface area contributed by atoms with Gasteiger partial charge in [0, 0.05) is 32.6 Å². The Kier molecular flexibility index (Phi) is 6.25. The van der Waals surface area contributed by atoms with Crippen LogP contribution in [-0.2, 0) is 17.6 Å². The van der Waals surface area contributed by atoms with Gasteiger partial charge in [-0.15, -0.1) is 0 Å². The maximum Gasteiger partial charge on any atom is 0.227 e. The molecule has 4 aromatic rings. The fourth-order valence-electron chi connectivity index (χ4n) is 4.44. The monoisotopic (exact) mass is 454 g/mol. The SMILES string of the molecule is CC(C)Cc1nc(N2CCN(C(=O)Cc3ccccc3)CC2)c2cnn(-c3ccccc3)c2n1. The molecule has 7 nitrogen and oxygen atoms in total. The van der Waals surface area contributed by atoms with Gasteiger partial charge >= 0.3 is 0 Å². The molecule has 0 bridgehead atoms. The lowest BCUT2D eigenvalue weighted by atomic mass is 10.1. The van der Waals surface area contributed by atoms with Crippen LogP contribution in [0.5, 0.6) is 0 Å². The Morgan fingerprint density at radius 2 is 1.59 bits per heavy atom. The van der Waals surface area contributed by atoms with E-state index in [4.69, 9.17) is 9.97 Å². The minimum atomic E-state index is 0.177. The lowest BCUT2D eigenvalue weighted by Crippen LogP contribution is -2.49. The maximum atomic E-state index is 12.8. The van der Waals surface area contributed by atoms with Gasteiger partial charge in [0.2, 0.25) is 5.91 Å². The smallest absolute Gasteiger partial charge is 0.227 e. The standard InChI is InChI=1S/C27H30N6O/c1-20(2)17-24-29-26(23-19-28-33(27(23)30-24)22-11-7-4-8-12-22)32-15-13-31(14-16-32)25(34)18-21-9-5-3-6-10-21/h3-12,19-20H,13-18H2,1-2H3. The Morgan fingerprint density at radius 1 is 0.912 bits per heavy atom. The third kappa shape index (κ3) is 4.64. The molecule has 5 rings (SSSR count). The van der Waals surface area contributed by atoms with E-state index in [1.54, 1.807) is 0 Å². The second-order valence-corrected chi connectivity index (χ2v) is 9.22. The van der Waals surface area contributed by atoms with Gasteiger partial charge in [-0.25, -0.2) is 14.6 Å². The molecular weight excluding hydrogens is 424 g/mol. The van der Waals surface area contributed by atoms with Crippen molar-refractivity contribution in [2.45, 2.75) is 26.7 Å². The van der Waals surface area contributed by atoms with E-state index in [0.717, 1.165) is 53.4 Å². The van der Waals surface area contributed by atoms with Crippen molar-refractivity contribution in [1.29, 1.82) is 0 Å². The van der Waals surface area contributed by atoms with Gasteiger partial charge in [0.05, 0.1) is 23.7 Å². The number of carbonyl (C=O) groups excluding carboxylic acids is 1. The predicted molar refractivity (Wildman–Crippen MR) is 134 cm³/mol. The third-order valence-electron chi connectivity index (χ3n) is 6.18. The first-order valence-electron chi connectivity index (χ1n) is 11.9. The molecule has 7 heteroatoms. The Hall–Kier alpha value is -3.74. The van der Waals surface area contributed by atoms with Crippen LogP contribution in [0.1, 0.15) is 25.2 Å². The van der Waals surface area contributed by atoms with Crippen LogP contribution < -0.4 is 4.90 Å². The van der Waals surface area contributed by atoms with Crippen LogP contribution in [-0.4, -0.2) is 56.7 Å². The third-order valence-corrected chi connectivity index (χ3v) is 6.18. The number of nitrogens with zero attached hydrogens (tertiary/aromatic N) is 6. The Bertz CT molecular complexity index is 1260. The summed E-state index contributed by atoms with van der Waals surface area (Å²) in [6.07, 6.45) is 3.11. The van der Waals surface area contributed by atoms with Gasteiger partial charge in [-0.1, -0.05) is 62.4 Å². The van der Waals surface area contributed by atoms with E-state index in [1.165, 1.54) is 0 Å². The van der Waals surface area contributed by atoms with E-state index in [9.17, 15) is 4.79 Å². The Morgan fingerprint density at radius 3 is 2.26 bits per heavy atom. The molecule has 0 unspecified atom stereocenters. The van der Waals surface area contributed by atoms with E-state index < -0.39 is 0 Å². The Labute approximate surface area is 200 Å². The molecule has 1 saturated heterocycles. The zero-order valence-corrected chi connectivity index (χ0v) is 19.8. The quantitative estimate of drug-likeness (QED) is 0.442. The molecule has 0 N–H and O–H groups in total. The number of benzene rings is 2. The van der Waals surface area contributed by atoms with Crippen molar-refractivity contribution in [1.82, 2.24) is 24.6 Å². The fourth-order valence-corrected chi connectivity index (χ4v) is 4.44. The minimum Gasteiger partial charge on any atom is -0.352 e. The summed E-state index contributed by atoms with van der Waals surface area (Å²) in [5.74, 6) is 2.37. The number of piperazine rings is 1. The van der Waals surface area contributed by atoms with Crippen molar-refractivity contribution in [3.8, 4) is 5.69 Å². The lowest BCUT2D eigenvalue weighted by molar-refractivity contribution is -0.130. The highest BCUT2D eigenvalue weighted by Crippen LogP contribution is 2.27. The maximum absolute atomic E-state index is 12.8. The van der Waals surface area contributed by atoms with E-state index in [2.05, 4.69) is 23.8 Å². The highest BCUT2D eigenvalue weighted by molar-refractivity contribution is 5.88. The molecular formula is C27H30N6O. The normalized spacial score (nSPS) is 14.2. The number of anilines is 1. The van der Waals surface area contributed by atoms with Crippen LogP contribution in [0.15, 0.2) is 66.9 Å². The molecule has 174 valence electrons. The molecule has 1 aliphatic heterocycles. The minimum absolute atomic E-state index is 0.177. The molecule has 2 aromatic carbocycles. The molecule has 34 heavy (non-hydrogen) atoms. The van der Waals surface area contributed by atoms with Gasteiger partial charge in [0.1, 0.15) is 11.6 Å². The van der Waals surface area contributed by atoms with Crippen LogP contribution >= 0.6 is 0 Å². The zero-order chi connectivity index (χ0) is 23.5. The summed E-state index contributed by atoms with van der Waals surface area (Å²) in [7, 11) is 0. The number of amides is 1. The molecule has 0 radical (unpaired) electrons. The Balaban J connectivity index is 1.40. The van der Waals surface area contributed by atoms with Gasteiger partial charge in [-0.2, -0.15) is 5.10 Å². The molecule has 1 aliphatic rings. The first-order valence-corrected chi connectivity index (χ1v) is 11.9. The van der Waals surface area contributed by atoms with Crippen LogP contribution in [0.4, 0.5) is 5.82 Å². The molecule has 1 fully saturated rings. The summed E-state index contributed by atoms with van der Waals surface area (Å²) in [6, 6.07) is 20.0. The predicted octanol–water partition coefficient (Wildman–Crippen LogP) is 3.91. The van der Waals surface area contributed by atoms with E-state index in [1.807, 2.05) is 76.4 Å². The average Bonchev–Trinajstić information content (AvgIpc) is 3.28. The number of fused-ring (bicyclic) bond motifs is 1. The number of rotatable bonds is 6. The summed E-state index contributed by atoms with van der Waals surface area (Å²) in [5, 5.41) is 5.60. The van der Waals surface area contributed by atoms with Crippen molar-refractivity contribution >= 4 is 22.8 Å². The summed E-state index contributed by atoms with van der Waals surface area (Å²) < 4.78 is 1.89. The van der Waals surface area contributed by atoms with Crippen LogP contribution in [0.25, 0.3) is 16.7 Å². The molecule has 0 atom stereocenters. The van der Waals surface area contributed by atoms with Crippen LogP contribution in [0.2, 0.25) is 0 Å². The second kappa shape index (κ2) is 9.63. The zero-order valence-electron chi connectivity index (χ0n) is 19.8. The van der Waals surface area contributed by atoms with Crippen molar-refractivity contribution in [2.24, 2.45) is 5.92 Å². The summed E-state index contributed by atoms with van der Waals surface area (Å²) in [4.78, 5) is 26.9. The average molecular weight is 455 g/mol. The largest absolute Gasteiger partial charge is 0.352 e. The molecule has 0 spiro atoms. The second-order valence-electron chi connectivity index (χ2n) is 9.22. The lowest BCUT2D eigenvalue weighted by Gasteiger charge is -2.35. The molecule has 0 aliphatic carbocycles. The first kappa shape index (κ1) is 22.1. The summed E-state index contributed by atoms with van der Waals surface area (Å²) in [6.45, 7) is 7.21. The van der Waals surface area contributed by atoms with Crippen molar-refractivity contribution in [3.05, 3.63) is 78.2 Å². The van der Waals surface area contributed by atoms with Gasteiger partial charge in [0.25, 0.3) is 0 Å². The number of hydrogen-bond donors (Lipinski definition) is 0. The van der Waals surface area contributed by atoms with Crippen LogP contribution in [0, 0.1) is 5.92 Å². The highest BCUT2D eigenvalue weighted by Gasteiger charge is 2.25. The topological polar surface area (TPSA) is 67.2 Å². The van der Waals surface area contributed by atoms with Crippen molar-refractivity contribution in [3.63, 3.8) is 0 Å². The van der Waals surface area contributed by atoms with Crippen molar-refractivity contribution < 1.29 is 4.79 Å². The van der Waals surface area contributed by atoms with E-state index in [0.29, 0.717) is 25.4 Å². The van der Waals surface area contributed by atoms with Gasteiger partial charge in [0.15, 0.2) is 5.65 Å². The molecule has 1 amide bonds. The van der Waals surface area contributed by atoms with Gasteiger partial charge < -0.3 is 9.80 Å². The molecule has 3 heterocycles. The first-order chi connectivity index (χ1) is 16.6. The van der Waals surface area contributed by atoms with E-state index >= 15 is 0 Å². The summed E-state index contributed by atoms with van der Waals surface area (Å²) >= 11 is 0. The van der Waals surface area contributed by atoms with Gasteiger partial charge in [-0.3, -0.25) is 4.79 Å². The summed E-state index contributed by atoms with van der Waals surface area (Å²) in [5.41, 5.74) is 2.86. The number of hydrogen-bond acceptors (Lipinski definition) is 5. The van der Waals surface area contributed by atoms with Crippen LogP contribution in [0.3, 0.4) is 0 Å². The number of para-hydroxylation sites is 1.